The lowest BCUT2D eigenvalue weighted by Gasteiger charge is -2.05. The first-order valence-electron chi connectivity index (χ1n) is 8.48. The Balaban J connectivity index is 1.61. The van der Waals surface area contributed by atoms with Crippen LogP contribution in [0.1, 0.15) is 34.9 Å². The number of benzene rings is 1. The lowest BCUT2D eigenvalue weighted by molar-refractivity contribution is 0.0951. The first kappa shape index (κ1) is 18.0. The van der Waals surface area contributed by atoms with Crippen molar-refractivity contribution in [2.75, 3.05) is 6.61 Å². The summed E-state index contributed by atoms with van der Waals surface area (Å²) < 4.78 is 5.29. The first-order valence-corrected chi connectivity index (χ1v) is 9.36. The van der Waals surface area contributed by atoms with Crippen LogP contribution < -0.4 is 10.1 Å². The van der Waals surface area contributed by atoms with E-state index in [4.69, 9.17) is 4.74 Å². The number of aromatic nitrogens is 3. The lowest BCUT2D eigenvalue weighted by atomic mass is 10.1. The van der Waals surface area contributed by atoms with E-state index in [1.165, 1.54) is 0 Å². The smallest absolute Gasteiger partial charge is 0.251 e. The Morgan fingerprint density at radius 3 is 2.54 bits per heavy atom. The molecule has 0 saturated carbocycles. The van der Waals surface area contributed by atoms with Gasteiger partial charge in [-0.1, -0.05) is 19.1 Å². The minimum atomic E-state index is -0.123. The van der Waals surface area contributed by atoms with E-state index in [0.29, 0.717) is 24.6 Å². The zero-order chi connectivity index (χ0) is 18.4. The van der Waals surface area contributed by atoms with Gasteiger partial charge < -0.3 is 10.1 Å². The number of ether oxygens (including phenoxy) is 1. The molecule has 0 saturated heterocycles. The third-order valence-corrected chi connectivity index (χ3v) is 4.63. The highest BCUT2D eigenvalue weighted by Gasteiger charge is 2.08. The predicted molar refractivity (Wildman–Crippen MR) is 101 cm³/mol. The Labute approximate surface area is 156 Å². The third kappa shape index (κ3) is 4.43. The van der Waals surface area contributed by atoms with Crippen LogP contribution in [-0.4, -0.2) is 27.7 Å². The molecule has 3 rings (SSSR count). The second-order valence-electron chi connectivity index (χ2n) is 5.54. The summed E-state index contributed by atoms with van der Waals surface area (Å²) in [6, 6.07) is 10.9. The van der Waals surface area contributed by atoms with E-state index < -0.39 is 0 Å². The highest BCUT2D eigenvalue weighted by Crippen LogP contribution is 2.18. The maximum atomic E-state index is 12.3. The van der Waals surface area contributed by atoms with Gasteiger partial charge in [-0.3, -0.25) is 4.79 Å². The standard InChI is InChI=1S/C19H20N4O2S/c1-3-15-12-26-18(21-15)11-20-19(24)14-7-5-13(6-8-14)16-9-10-17(23-22-16)25-4-2/h5-10,12H,3-4,11H2,1-2H3,(H,20,24). The van der Waals surface area contributed by atoms with Crippen molar-refractivity contribution in [1.82, 2.24) is 20.5 Å². The van der Waals surface area contributed by atoms with E-state index in [9.17, 15) is 4.79 Å². The molecule has 0 aliphatic rings. The summed E-state index contributed by atoms with van der Waals surface area (Å²) in [6.45, 7) is 4.96. The van der Waals surface area contributed by atoms with Crippen molar-refractivity contribution >= 4 is 17.2 Å². The van der Waals surface area contributed by atoms with Crippen molar-refractivity contribution in [2.45, 2.75) is 26.8 Å². The second kappa shape index (κ2) is 8.53. The van der Waals surface area contributed by atoms with Crippen LogP contribution in [0.2, 0.25) is 0 Å². The number of nitrogens with one attached hydrogen (secondary N) is 1. The van der Waals surface area contributed by atoms with Gasteiger partial charge in [0.1, 0.15) is 5.01 Å². The summed E-state index contributed by atoms with van der Waals surface area (Å²) in [5.74, 6) is 0.378. The first-order chi connectivity index (χ1) is 12.7. The molecule has 0 fully saturated rings. The molecule has 2 heterocycles. The monoisotopic (exact) mass is 368 g/mol. The molecule has 1 aromatic carbocycles. The maximum absolute atomic E-state index is 12.3. The van der Waals surface area contributed by atoms with E-state index in [-0.39, 0.29) is 5.91 Å². The van der Waals surface area contributed by atoms with E-state index in [0.717, 1.165) is 28.4 Å². The van der Waals surface area contributed by atoms with Crippen LogP contribution in [0.15, 0.2) is 41.8 Å². The molecule has 7 heteroatoms. The molecular formula is C19H20N4O2S. The SMILES string of the molecule is CCOc1ccc(-c2ccc(C(=O)NCc3nc(CC)cs3)cc2)nn1. The van der Waals surface area contributed by atoms with Gasteiger partial charge in [0.05, 0.1) is 24.5 Å². The van der Waals surface area contributed by atoms with Crippen molar-refractivity contribution < 1.29 is 9.53 Å². The van der Waals surface area contributed by atoms with Crippen LogP contribution in [0.4, 0.5) is 0 Å². The quantitative estimate of drug-likeness (QED) is 0.691. The molecule has 2 aromatic heterocycles. The Kier molecular flexibility index (Phi) is 5.91. The van der Waals surface area contributed by atoms with Gasteiger partial charge in [0.2, 0.25) is 5.88 Å². The molecule has 0 aliphatic heterocycles. The molecule has 0 spiro atoms. The molecule has 0 atom stereocenters. The number of nitrogens with zero attached hydrogens (tertiary/aromatic N) is 3. The molecule has 0 unspecified atom stereocenters. The summed E-state index contributed by atoms with van der Waals surface area (Å²) in [6.07, 6.45) is 0.903. The number of thiazole rings is 1. The topological polar surface area (TPSA) is 77.0 Å². The van der Waals surface area contributed by atoms with Crippen LogP contribution in [0.5, 0.6) is 5.88 Å². The average molecular weight is 368 g/mol. The largest absolute Gasteiger partial charge is 0.477 e. The van der Waals surface area contributed by atoms with Crippen LogP contribution in [-0.2, 0) is 13.0 Å². The average Bonchev–Trinajstić information content (AvgIpc) is 3.15. The van der Waals surface area contributed by atoms with Gasteiger partial charge >= 0.3 is 0 Å². The highest BCUT2D eigenvalue weighted by atomic mass is 32.1. The second-order valence-corrected chi connectivity index (χ2v) is 6.48. The Morgan fingerprint density at radius 1 is 1.12 bits per heavy atom. The number of hydrogen-bond acceptors (Lipinski definition) is 6. The zero-order valence-electron chi connectivity index (χ0n) is 14.7. The summed E-state index contributed by atoms with van der Waals surface area (Å²) in [7, 11) is 0. The van der Waals surface area contributed by atoms with Gasteiger partial charge in [0, 0.05) is 22.6 Å². The molecule has 134 valence electrons. The predicted octanol–water partition coefficient (Wildman–Crippen LogP) is 3.49. The fraction of sp³-hybridized carbons (Fsp3) is 0.263. The Hall–Kier alpha value is -2.80. The minimum Gasteiger partial charge on any atom is -0.477 e. The Bertz CT molecular complexity index is 860. The third-order valence-electron chi connectivity index (χ3n) is 3.74. The lowest BCUT2D eigenvalue weighted by Crippen LogP contribution is -2.22. The number of hydrogen-bond donors (Lipinski definition) is 1. The fourth-order valence-electron chi connectivity index (χ4n) is 2.34. The molecule has 0 radical (unpaired) electrons. The normalized spacial score (nSPS) is 10.5. The maximum Gasteiger partial charge on any atom is 0.251 e. The van der Waals surface area contributed by atoms with Gasteiger partial charge in [0.15, 0.2) is 0 Å². The van der Waals surface area contributed by atoms with Crippen molar-refractivity contribution in [3.8, 4) is 17.1 Å². The molecule has 0 bridgehead atoms. The van der Waals surface area contributed by atoms with Crippen molar-refractivity contribution in [3.05, 3.63) is 58.0 Å². The number of aryl methyl sites for hydroxylation is 1. The van der Waals surface area contributed by atoms with Crippen LogP contribution in [0.3, 0.4) is 0 Å². The molecule has 26 heavy (non-hydrogen) atoms. The summed E-state index contributed by atoms with van der Waals surface area (Å²) >= 11 is 1.56. The minimum absolute atomic E-state index is 0.123. The van der Waals surface area contributed by atoms with Crippen LogP contribution >= 0.6 is 11.3 Å². The summed E-state index contributed by atoms with van der Waals surface area (Å²) in [5.41, 5.74) is 3.28. The van der Waals surface area contributed by atoms with E-state index in [1.807, 2.05) is 30.5 Å². The molecule has 1 amide bonds. The van der Waals surface area contributed by atoms with E-state index >= 15 is 0 Å². The van der Waals surface area contributed by atoms with Crippen LogP contribution in [0, 0.1) is 0 Å². The molecule has 3 aromatic rings. The molecule has 1 N–H and O–H groups in total. The summed E-state index contributed by atoms with van der Waals surface area (Å²) in [5, 5.41) is 14.0. The van der Waals surface area contributed by atoms with Crippen molar-refractivity contribution in [1.29, 1.82) is 0 Å². The summed E-state index contributed by atoms with van der Waals surface area (Å²) in [4.78, 5) is 16.7. The molecule has 6 nitrogen and oxygen atoms in total. The van der Waals surface area contributed by atoms with Gasteiger partial charge in [-0.2, -0.15) is 0 Å². The number of amides is 1. The highest BCUT2D eigenvalue weighted by molar-refractivity contribution is 7.09. The number of carbonyl (C=O) groups is 1. The van der Waals surface area contributed by atoms with E-state index in [2.05, 4.69) is 27.4 Å². The van der Waals surface area contributed by atoms with Gasteiger partial charge in [-0.25, -0.2) is 4.98 Å². The van der Waals surface area contributed by atoms with Crippen molar-refractivity contribution in [3.63, 3.8) is 0 Å². The fourth-order valence-corrected chi connectivity index (χ4v) is 3.16. The molecule has 0 aliphatic carbocycles. The van der Waals surface area contributed by atoms with Gasteiger partial charge in [-0.15, -0.1) is 21.5 Å². The van der Waals surface area contributed by atoms with E-state index in [1.54, 1.807) is 29.5 Å². The van der Waals surface area contributed by atoms with Gasteiger partial charge in [-0.05, 0) is 31.5 Å². The number of carbonyl (C=O) groups excluding carboxylic acids is 1. The van der Waals surface area contributed by atoms with Crippen molar-refractivity contribution in [2.24, 2.45) is 0 Å². The number of rotatable bonds is 7. The van der Waals surface area contributed by atoms with Gasteiger partial charge in [0.25, 0.3) is 5.91 Å². The molecular weight excluding hydrogens is 348 g/mol. The zero-order valence-corrected chi connectivity index (χ0v) is 15.5. The van der Waals surface area contributed by atoms with Crippen LogP contribution in [0.25, 0.3) is 11.3 Å². The Morgan fingerprint density at radius 2 is 1.92 bits per heavy atom.